The minimum atomic E-state index is 0.735. The third-order valence-corrected chi connectivity index (χ3v) is 7.14. The zero-order valence-electron chi connectivity index (χ0n) is 17.7. The Morgan fingerprint density at radius 2 is 1.62 bits per heavy atom. The number of anilines is 1. The van der Waals surface area contributed by atoms with Crippen LogP contribution in [0.2, 0.25) is 0 Å². The first-order valence-corrected chi connectivity index (χ1v) is 11.8. The van der Waals surface area contributed by atoms with Crippen molar-refractivity contribution in [1.82, 2.24) is 19.9 Å². The summed E-state index contributed by atoms with van der Waals surface area (Å²) in [6.45, 7) is 4.95. The lowest BCUT2D eigenvalue weighted by atomic mass is 10.1. The van der Waals surface area contributed by atoms with Crippen LogP contribution in [-0.4, -0.2) is 46.0 Å². The number of thiophene rings is 1. The van der Waals surface area contributed by atoms with Crippen molar-refractivity contribution in [2.45, 2.75) is 6.54 Å². The Balaban J connectivity index is 1.26. The Morgan fingerprint density at radius 1 is 0.812 bits per heavy atom. The Kier molecular flexibility index (Phi) is 5.02. The van der Waals surface area contributed by atoms with E-state index in [-0.39, 0.29) is 0 Å². The number of nitrogens with zero attached hydrogens (tertiary/aromatic N) is 5. The molecule has 0 atom stereocenters. The van der Waals surface area contributed by atoms with Crippen LogP contribution in [0.4, 0.5) is 5.82 Å². The molecule has 0 N–H and O–H groups in total. The van der Waals surface area contributed by atoms with Gasteiger partial charge in [-0.3, -0.25) is 9.88 Å². The summed E-state index contributed by atoms with van der Waals surface area (Å²) in [6.07, 6.45) is 3.61. The zero-order chi connectivity index (χ0) is 21.3. The van der Waals surface area contributed by atoms with Gasteiger partial charge in [0.05, 0.1) is 5.52 Å². The van der Waals surface area contributed by atoms with E-state index in [1.807, 2.05) is 35.7 Å². The molecule has 6 rings (SSSR count). The van der Waals surface area contributed by atoms with E-state index >= 15 is 0 Å². The first-order valence-electron chi connectivity index (χ1n) is 10.9. The number of fused-ring (bicyclic) bond motifs is 2. The van der Waals surface area contributed by atoms with Crippen LogP contribution in [0.25, 0.3) is 32.4 Å². The van der Waals surface area contributed by atoms with E-state index in [1.165, 1.54) is 15.6 Å². The number of aromatic nitrogens is 3. The van der Waals surface area contributed by atoms with Gasteiger partial charge in [-0.2, -0.15) is 0 Å². The Hall–Kier alpha value is -3.35. The molecule has 1 aliphatic rings. The molecule has 0 spiro atoms. The molecule has 0 unspecified atom stereocenters. The van der Waals surface area contributed by atoms with Gasteiger partial charge < -0.3 is 4.90 Å². The van der Waals surface area contributed by atoms with Crippen LogP contribution in [0.15, 0.2) is 78.4 Å². The van der Waals surface area contributed by atoms with Gasteiger partial charge in [-0.1, -0.05) is 30.3 Å². The van der Waals surface area contributed by atoms with Gasteiger partial charge in [-0.05, 0) is 46.7 Å². The number of hydrogen-bond donors (Lipinski definition) is 0. The molecule has 0 radical (unpaired) electrons. The van der Waals surface area contributed by atoms with Gasteiger partial charge in [-0.15, -0.1) is 11.3 Å². The van der Waals surface area contributed by atoms with Crippen molar-refractivity contribution in [2.24, 2.45) is 0 Å². The second-order valence-electron chi connectivity index (χ2n) is 8.15. The predicted molar refractivity (Wildman–Crippen MR) is 132 cm³/mol. The summed E-state index contributed by atoms with van der Waals surface area (Å²) in [5, 5.41) is 4.81. The lowest BCUT2D eigenvalue weighted by Crippen LogP contribution is -2.46. The van der Waals surface area contributed by atoms with Gasteiger partial charge in [0.1, 0.15) is 5.82 Å². The molecule has 0 bridgehead atoms. The molecule has 0 saturated carbocycles. The van der Waals surface area contributed by atoms with Crippen molar-refractivity contribution >= 4 is 38.1 Å². The van der Waals surface area contributed by atoms with Gasteiger partial charge >= 0.3 is 0 Å². The maximum Gasteiger partial charge on any atom is 0.163 e. The van der Waals surface area contributed by atoms with E-state index in [0.29, 0.717) is 0 Å². The summed E-state index contributed by atoms with van der Waals surface area (Å²) < 4.78 is 1.37. The van der Waals surface area contributed by atoms with Gasteiger partial charge in [0, 0.05) is 60.8 Å². The maximum absolute atomic E-state index is 4.99. The summed E-state index contributed by atoms with van der Waals surface area (Å²) in [5.41, 5.74) is 3.36. The Labute approximate surface area is 191 Å². The first-order chi connectivity index (χ1) is 15.8. The number of piperazine rings is 1. The molecule has 32 heavy (non-hydrogen) atoms. The molecule has 5 aromatic rings. The SMILES string of the molecule is c1cncc(-c2nc(N3CCN(Cc4csc5ccccc45)CC3)c3ccccc3n2)c1. The highest BCUT2D eigenvalue weighted by molar-refractivity contribution is 7.17. The van der Waals surface area contributed by atoms with Crippen LogP contribution in [0.3, 0.4) is 0 Å². The van der Waals surface area contributed by atoms with E-state index in [9.17, 15) is 0 Å². The third kappa shape index (κ3) is 3.61. The van der Waals surface area contributed by atoms with Crippen LogP contribution >= 0.6 is 11.3 Å². The largest absolute Gasteiger partial charge is 0.353 e. The van der Waals surface area contributed by atoms with Crippen LogP contribution in [-0.2, 0) is 6.54 Å². The van der Waals surface area contributed by atoms with Gasteiger partial charge in [0.15, 0.2) is 5.82 Å². The fourth-order valence-electron chi connectivity index (χ4n) is 4.44. The smallest absolute Gasteiger partial charge is 0.163 e. The third-order valence-electron chi connectivity index (χ3n) is 6.13. The summed E-state index contributed by atoms with van der Waals surface area (Å²) in [4.78, 5) is 19.0. The minimum Gasteiger partial charge on any atom is -0.353 e. The average molecular weight is 438 g/mol. The molecule has 1 saturated heterocycles. The monoisotopic (exact) mass is 437 g/mol. The van der Waals surface area contributed by atoms with Crippen molar-refractivity contribution < 1.29 is 0 Å². The number of para-hydroxylation sites is 1. The fourth-order valence-corrected chi connectivity index (χ4v) is 5.39. The van der Waals surface area contributed by atoms with Gasteiger partial charge in [0.2, 0.25) is 0 Å². The molecular weight excluding hydrogens is 414 g/mol. The molecule has 1 aliphatic heterocycles. The molecule has 2 aromatic carbocycles. The van der Waals surface area contributed by atoms with Crippen molar-refractivity contribution in [3.63, 3.8) is 0 Å². The number of benzene rings is 2. The average Bonchev–Trinajstić information content (AvgIpc) is 3.27. The maximum atomic E-state index is 4.99. The summed E-state index contributed by atoms with van der Waals surface area (Å²) in [6, 6.07) is 21.0. The number of hydrogen-bond acceptors (Lipinski definition) is 6. The van der Waals surface area contributed by atoms with Crippen LogP contribution in [0.1, 0.15) is 5.56 Å². The van der Waals surface area contributed by atoms with E-state index in [4.69, 9.17) is 9.97 Å². The highest BCUT2D eigenvalue weighted by Crippen LogP contribution is 2.30. The summed E-state index contributed by atoms with van der Waals surface area (Å²) in [5.74, 6) is 1.76. The molecule has 4 heterocycles. The second-order valence-corrected chi connectivity index (χ2v) is 9.06. The molecule has 158 valence electrons. The topological polar surface area (TPSA) is 45.2 Å². The molecule has 0 amide bonds. The molecular formula is C26H23N5S. The zero-order valence-corrected chi connectivity index (χ0v) is 18.5. The van der Waals surface area contributed by atoms with Gasteiger partial charge in [0.25, 0.3) is 0 Å². The Morgan fingerprint density at radius 3 is 2.47 bits per heavy atom. The highest BCUT2D eigenvalue weighted by Gasteiger charge is 2.22. The highest BCUT2D eigenvalue weighted by atomic mass is 32.1. The first kappa shape index (κ1) is 19.3. The lowest BCUT2D eigenvalue weighted by molar-refractivity contribution is 0.250. The van der Waals surface area contributed by atoms with E-state index in [1.54, 1.807) is 6.20 Å². The second kappa shape index (κ2) is 8.30. The fraction of sp³-hybridized carbons (Fsp3) is 0.192. The molecule has 5 nitrogen and oxygen atoms in total. The predicted octanol–water partition coefficient (Wildman–Crippen LogP) is 5.23. The quantitative estimate of drug-likeness (QED) is 0.385. The summed E-state index contributed by atoms with van der Waals surface area (Å²) >= 11 is 1.84. The molecule has 0 aliphatic carbocycles. The number of pyridine rings is 1. The van der Waals surface area contributed by atoms with Crippen molar-refractivity contribution in [3.05, 3.63) is 84.0 Å². The van der Waals surface area contributed by atoms with Crippen molar-refractivity contribution in [1.29, 1.82) is 0 Å². The van der Waals surface area contributed by atoms with Crippen molar-refractivity contribution in [2.75, 3.05) is 31.1 Å². The molecule has 1 fully saturated rings. The van der Waals surface area contributed by atoms with Crippen LogP contribution < -0.4 is 4.90 Å². The van der Waals surface area contributed by atoms with E-state index in [0.717, 1.165) is 60.8 Å². The van der Waals surface area contributed by atoms with Crippen LogP contribution in [0, 0.1) is 0 Å². The van der Waals surface area contributed by atoms with Crippen molar-refractivity contribution in [3.8, 4) is 11.4 Å². The Bertz CT molecular complexity index is 1370. The van der Waals surface area contributed by atoms with E-state index in [2.05, 4.69) is 62.6 Å². The minimum absolute atomic E-state index is 0.735. The number of rotatable bonds is 4. The molecule has 6 heteroatoms. The normalized spacial score (nSPS) is 14.9. The van der Waals surface area contributed by atoms with E-state index < -0.39 is 0 Å². The molecule has 3 aromatic heterocycles. The van der Waals surface area contributed by atoms with Crippen LogP contribution in [0.5, 0.6) is 0 Å². The summed E-state index contributed by atoms with van der Waals surface area (Å²) in [7, 11) is 0. The standard InChI is InChI=1S/C26H23N5S/c1-3-9-23-22(8-1)26(29-25(28-23)19-6-5-11-27-16-19)31-14-12-30(13-15-31)17-20-18-32-24-10-4-2-7-21(20)24/h1-11,16,18H,12-15,17H2. The lowest BCUT2D eigenvalue weighted by Gasteiger charge is -2.36. The van der Waals surface area contributed by atoms with Gasteiger partial charge in [-0.25, -0.2) is 9.97 Å².